The summed E-state index contributed by atoms with van der Waals surface area (Å²) in [5, 5.41) is 17.9. The second kappa shape index (κ2) is 7.14. The van der Waals surface area contributed by atoms with Crippen LogP contribution in [0.2, 0.25) is 0 Å². The van der Waals surface area contributed by atoms with Gasteiger partial charge in [-0.15, -0.1) is 0 Å². The number of aliphatic hydroxyl groups is 1. The van der Waals surface area contributed by atoms with E-state index in [1.54, 1.807) is 20.0 Å². The van der Waals surface area contributed by atoms with Crippen molar-refractivity contribution >= 4 is 22.5 Å². The second-order valence-electron chi connectivity index (χ2n) is 6.73. The van der Waals surface area contributed by atoms with Crippen molar-refractivity contribution in [1.82, 2.24) is 14.8 Å². The number of aromatic nitrogens is 3. The lowest BCUT2D eigenvalue weighted by Crippen LogP contribution is -2.22. The molecule has 0 fully saturated rings. The standard InChI is InChI=1S/C20H21F3N4O2/c1-11(2)27-10-12-8-16(13(19(3,4)29)9-15(12)26-27)25-18(28)14-6-5-7-17(24-14)20(21,22)23/h5-11,29H,1-4H3,(H,25,28)/i3D3,4D3. The normalized spacial score (nSPS) is 16.5. The first-order chi connectivity index (χ1) is 15.9. The van der Waals surface area contributed by atoms with Gasteiger partial charge in [0.25, 0.3) is 5.91 Å². The summed E-state index contributed by atoms with van der Waals surface area (Å²) < 4.78 is 87.1. The summed E-state index contributed by atoms with van der Waals surface area (Å²) in [6, 6.07) is 4.72. The van der Waals surface area contributed by atoms with E-state index in [1.807, 2.05) is 0 Å². The molecule has 0 saturated heterocycles. The van der Waals surface area contributed by atoms with Crippen LogP contribution in [0.15, 0.2) is 36.5 Å². The number of halogens is 3. The summed E-state index contributed by atoms with van der Waals surface area (Å²) >= 11 is 0. The van der Waals surface area contributed by atoms with Gasteiger partial charge in [0.05, 0.1) is 11.1 Å². The molecule has 0 spiro atoms. The van der Waals surface area contributed by atoms with Crippen LogP contribution in [0.3, 0.4) is 0 Å². The van der Waals surface area contributed by atoms with E-state index >= 15 is 0 Å². The first kappa shape index (κ1) is 14.1. The molecule has 29 heavy (non-hydrogen) atoms. The van der Waals surface area contributed by atoms with E-state index in [1.165, 1.54) is 10.7 Å². The Hall–Kier alpha value is -2.94. The average molecular weight is 412 g/mol. The van der Waals surface area contributed by atoms with E-state index in [-0.39, 0.29) is 11.6 Å². The Labute approximate surface area is 173 Å². The van der Waals surface area contributed by atoms with E-state index in [0.717, 1.165) is 18.2 Å². The van der Waals surface area contributed by atoms with Gasteiger partial charge in [-0.1, -0.05) is 6.07 Å². The van der Waals surface area contributed by atoms with Crippen molar-refractivity contribution in [3.05, 3.63) is 53.5 Å². The van der Waals surface area contributed by atoms with Gasteiger partial charge in [-0.05, 0) is 51.8 Å². The SMILES string of the molecule is [2H]C([2H])([2H])C(O)(c1cc2nn(C(C)C)cc2cc1NC(=O)c1cccc(C(F)(F)F)n1)C([2H])([2H])[2H]. The van der Waals surface area contributed by atoms with E-state index < -0.39 is 54.0 Å². The predicted molar refractivity (Wildman–Crippen MR) is 103 cm³/mol. The summed E-state index contributed by atoms with van der Waals surface area (Å²) in [4.78, 5) is 16.1. The minimum Gasteiger partial charge on any atom is -0.386 e. The van der Waals surface area contributed by atoms with Crippen molar-refractivity contribution in [2.24, 2.45) is 0 Å². The van der Waals surface area contributed by atoms with Gasteiger partial charge in [0.2, 0.25) is 0 Å². The molecule has 1 amide bonds. The van der Waals surface area contributed by atoms with Crippen LogP contribution in [0.1, 0.15) is 63.6 Å². The molecule has 3 aromatic rings. The van der Waals surface area contributed by atoms with Crippen LogP contribution in [-0.4, -0.2) is 25.8 Å². The maximum Gasteiger partial charge on any atom is 0.433 e. The molecule has 0 bridgehead atoms. The van der Waals surface area contributed by atoms with Gasteiger partial charge >= 0.3 is 6.18 Å². The van der Waals surface area contributed by atoms with Gasteiger partial charge < -0.3 is 10.4 Å². The summed E-state index contributed by atoms with van der Waals surface area (Å²) in [6.07, 6.45) is -3.28. The van der Waals surface area contributed by atoms with E-state index in [4.69, 9.17) is 8.22 Å². The fraction of sp³-hybridized carbons (Fsp3) is 0.350. The predicted octanol–water partition coefficient (Wildman–Crippen LogP) is 4.51. The molecule has 2 heterocycles. The molecular weight excluding hydrogens is 385 g/mol. The molecule has 9 heteroatoms. The van der Waals surface area contributed by atoms with Crippen LogP contribution < -0.4 is 5.32 Å². The Balaban J connectivity index is 2.23. The Morgan fingerprint density at radius 1 is 1.28 bits per heavy atom. The number of amides is 1. The maximum absolute atomic E-state index is 13.0. The molecular formula is C20H21F3N4O2. The molecule has 1 aromatic carbocycles. The van der Waals surface area contributed by atoms with Crippen molar-refractivity contribution < 1.29 is 31.3 Å². The smallest absolute Gasteiger partial charge is 0.386 e. The number of hydrogen-bond acceptors (Lipinski definition) is 4. The number of nitrogens with zero attached hydrogens (tertiary/aromatic N) is 3. The zero-order valence-electron chi connectivity index (χ0n) is 21.4. The summed E-state index contributed by atoms with van der Waals surface area (Å²) in [5.41, 5.74) is -6.43. The molecule has 154 valence electrons. The molecule has 2 aromatic heterocycles. The molecule has 2 N–H and O–H groups in total. The Morgan fingerprint density at radius 2 is 2.00 bits per heavy atom. The van der Waals surface area contributed by atoms with E-state index in [2.05, 4.69) is 15.4 Å². The summed E-state index contributed by atoms with van der Waals surface area (Å²) in [5.74, 6) is -1.17. The molecule has 0 aliphatic carbocycles. The van der Waals surface area contributed by atoms with Crippen LogP contribution in [0, 0.1) is 0 Å². The van der Waals surface area contributed by atoms with Crippen molar-refractivity contribution in [3.8, 4) is 0 Å². The monoisotopic (exact) mass is 412 g/mol. The number of fused-ring (bicyclic) bond motifs is 1. The number of carbonyl (C=O) groups excluding carboxylic acids is 1. The fourth-order valence-corrected chi connectivity index (χ4v) is 2.66. The number of carbonyl (C=O) groups is 1. The van der Waals surface area contributed by atoms with Crippen LogP contribution in [0.4, 0.5) is 18.9 Å². The molecule has 6 nitrogen and oxygen atoms in total. The summed E-state index contributed by atoms with van der Waals surface area (Å²) in [7, 11) is 0. The Morgan fingerprint density at radius 3 is 2.62 bits per heavy atom. The molecule has 0 atom stereocenters. The van der Waals surface area contributed by atoms with Gasteiger partial charge in [-0.25, -0.2) is 4.98 Å². The number of pyridine rings is 1. The van der Waals surface area contributed by atoms with Crippen molar-refractivity contribution in [3.63, 3.8) is 0 Å². The first-order valence-corrected chi connectivity index (χ1v) is 8.47. The third kappa shape index (κ3) is 4.40. The number of benzene rings is 1. The first-order valence-electron chi connectivity index (χ1n) is 11.5. The van der Waals surface area contributed by atoms with Crippen LogP contribution in [0.25, 0.3) is 10.9 Å². The lowest BCUT2D eigenvalue weighted by atomic mass is 9.95. The molecule has 0 unspecified atom stereocenters. The lowest BCUT2D eigenvalue weighted by Gasteiger charge is -2.22. The van der Waals surface area contributed by atoms with Crippen LogP contribution in [-0.2, 0) is 11.8 Å². The van der Waals surface area contributed by atoms with Crippen molar-refractivity contribution in [1.29, 1.82) is 0 Å². The van der Waals surface area contributed by atoms with Crippen LogP contribution >= 0.6 is 0 Å². The van der Waals surface area contributed by atoms with Crippen molar-refractivity contribution in [2.75, 3.05) is 5.32 Å². The second-order valence-corrected chi connectivity index (χ2v) is 6.73. The molecule has 0 saturated carbocycles. The summed E-state index contributed by atoms with van der Waals surface area (Å²) in [6.45, 7) is -3.37. The number of alkyl halides is 3. The Kier molecular flexibility index (Phi) is 3.48. The van der Waals surface area contributed by atoms with Gasteiger partial charge in [0.1, 0.15) is 11.4 Å². The van der Waals surface area contributed by atoms with Gasteiger partial charge in [0, 0.05) is 37.1 Å². The fourth-order valence-electron chi connectivity index (χ4n) is 2.66. The third-order valence-corrected chi connectivity index (χ3v) is 4.10. The quantitative estimate of drug-likeness (QED) is 0.661. The number of nitrogens with one attached hydrogen (secondary N) is 1. The zero-order valence-corrected chi connectivity index (χ0v) is 15.4. The minimum atomic E-state index is -4.82. The molecule has 0 aliphatic heterocycles. The van der Waals surface area contributed by atoms with Gasteiger partial charge in [0.15, 0.2) is 0 Å². The highest BCUT2D eigenvalue weighted by Gasteiger charge is 2.33. The minimum absolute atomic E-state index is 0.135. The zero-order chi connectivity index (χ0) is 26.6. The van der Waals surface area contributed by atoms with E-state index in [0.29, 0.717) is 11.5 Å². The van der Waals surface area contributed by atoms with Crippen LogP contribution in [0.5, 0.6) is 0 Å². The number of rotatable bonds is 4. The highest BCUT2D eigenvalue weighted by molar-refractivity contribution is 6.04. The molecule has 3 rings (SSSR count). The molecule has 0 aliphatic rings. The average Bonchev–Trinajstić information content (AvgIpc) is 3.14. The van der Waals surface area contributed by atoms with Gasteiger partial charge in [-0.2, -0.15) is 18.3 Å². The number of hydrogen-bond donors (Lipinski definition) is 2. The Bertz CT molecular complexity index is 1250. The lowest BCUT2D eigenvalue weighted by molar-refractivity contribution is -0.141. The van der Waals surface area contributed by atoms with E-state index in [9.17, 15) is 23.1 Å². The highest BCUT2D eigenvalue weighted by Crippen LogP contribution is 2.33. The topological polar surface area (TPSA) is 80.0 Å². The van der Waals surface area contributed by atoms with Gasteiger partial charge in [-0.3, -0.25) is 9.48 Å². The highest BCUT2D eigenvalue weighted by atomic mass is 19.4. The molecule has 0 radical (unpaired) electrons. The third-order valence-electron chi connectivity index (χ3n) is 4.10. The number of anilines is 1. The van der Waals surface area contributed by atoms with Crippen molar-refractivity contribution in [2.45, 2.75) is 45.4 Å². The maximum atomic E-state index is 13.0. The largest absolute Gasteiger partial charge is 0.433 e.